The normalized spacial score (nSPS) is 12.7. The number of halogens is 1. The summed E-state index contributed by atoms with van der Waals surface area (Å²) >= 11 is 6.16. The standard InChI is InChI=1S/C22H17ClN2O4/c23-15-7-1-4-10-18(15)29-19-11-5-2-8-16(19)24-21(26)13-25-17-9-3-6-12-20(17)28-14-22(25)27/h1-12H,13-14H2,(H,24,26). The summed E-state index contributed by atoms with van der Waals surface area (Å²) in [4.78, 5) is 26.4. The zero-order chi connectivity index (χ0) is 20.2. The smallest absolute Gasteiger partial charge is 0.265 e. The van der Waals surface area contributed by atoms with Crippen LogP contribution in [0, 0.1) is 0 Å². The van der Waals surface area contributed by atoms with Crippen LogP contribution in [-0.4, -0.2) is 25.0 Å². The van der Waals surface area contributed by atoms with Gasteiger partial charge in [0.05, 0.1) is 16.4 Å². The number of nitrogens with one attached hydrogen (secondary N) is 1. The molecule has 0 fully saturated rings. The lowest BCUT2D eigenvalue weighted by molar-refractivity contribution is -0.123. The number of para-hydroxylation sites is 5. The highest BCUT2D eigenvalue weighted by molar-refractivity contribution is 6.32. The van der Waals surface area contributed by atoms with Crippen LogP contribution >= 0.6 is 11.6 Å². The first-order valence-corrected chi connectivity index (χ1v) is 9.33. The van der Waals surface area contributed by atoms with Gasteiger partial charge in [0.1, 0.15) is 18.0 Å². The number of carbonyl (C=O) groups excluding carboxylic acids is 2. The Hall–Kier alpha value is -3.51. The topological polar surface area (TPSA) is 67.9 Å². The summed E-state index contributed by atoms with van der Waals surface area (Å²) in [5, 5.41) is 3.27. The van der Waals surface area contributed by atoms with E-state index in [0.717, 1.165) is 0 Å². The minimum absolute atomic E-state index is 0.101. The molecule has 1 aliphatic heterocycles. The fourth-order valence-electron chi connectivity index (χ4n) is 2.97. The maximum atomic E-state index is 12.7. The molecule has 0 saturated carbocycles. The van der Waals surface area contributed by atoms with Crippen molar-refractivity contribution < 1.29 is 19.1 Å². The van der Waals surface area contributed by atoms with Crippen molar-refractivity contribution in [2.24, 2.45) is 0 Å². The van der Waals surface area contributed by atoms with Gasteiger partial charge in [0.15, 0.2) is 12.4 Å². The van der Waals surface area contributed by atoms with Crippen molar-refractivity contribution in [2.45, 2.75) is 0 Å². The molecule has 1 N–H and O–H groups in total. The minimum Gasteiger partial charge on any atom is -0.482 e. The number of benzene rings is 3. The number of amides is 2. The van der Waals surface area contributed by atoms with Crippen molar-refractivity contribution in [3.63, 3.8) is 0 Å². The number of anilines is 2. The third-order valence-corrected chi connectivity index (χ3v) is 4.64. The van der Waals surface area contributed by atoms with Crippen molar-refractivity contribution in [3.05, 3.63) is 77.8 Å². The Morgan fingerprint density at radius 1 is 1.00 bits per heavy atom. The lowest BCUT2D eigenvalue weighted by Crippen LogP contribution is -2.43. The van der Waals surface area contributed by atoms with Gasteiger partial charge in [-0.15, -0.1) is 0 Å². The van der Waals surface area contributed by atoms with E-state index in [1.807, 2.05) is 12.1 Å². The summed E-state index contributed by atoms with van der Waals surface area (Å²) in [5.41, 5.74) is 1.05. The molecule has 0 aliphatic carbocycles. The summed E-state index contributed by atoms with van der Waals surface area (Å²) in [6.07, 6.45) is 0. The van der Waals surface area contributed by atoms with Crippen molar-refractivity contribution in [2.75, 3.05) is 23.4 Å². The van der Waals surface area contributed by atoms with E-state index in [0.29, 0.717) is 33.6 Å². The molecule has 3 aromatic rings. The molecule has 0 radical (unpaired) electrons. The molecule has 0 spiro atoms. The van der Waals surface area contributed by atoms with Gasteiger partial charge in [-0.2, -0.15) is 0 Å². The molecule has 4 rings (SSSR count). The second-order valence-corrected chi connectivity index (χ2v) is 6.72. The molecule has 2 amide bonds. The van der Waals surface area contributed by atoms with E-state index in [4.69, 9.17) is 21.1 Å². The molecular weight excluding hydrogens is 392 g/mol. The Balaban J connectivity index is 1.51. The highest BCUT2D eigenvalue weighted by Gasteiger charge is 2.27. The Bertz CT molecular complexity index is 1070. The first-order chi connectivity index (χ1) is 14.1. The predicted octanol–water partition coefficient (Wildman–Crippen LogP) is 4.50. The molecule has 0 unspecified atom stereocenters. The van der Waals surface area contributed by atoms with Crippen LogP contribution < -0.4 is 19.7 Å². The second-order valence-electron chi connectivity index (χ2n) is 6.31. The largest absolute Gasteiger partial charge is 0.482 e. The Kier molecular flexibility index (Phi) is 5.35. The third kappa shape index (κ3) is 4.17. The zero-order valence-corrected chi connectivity index (χ0v) is 16.1. The van der Waals surface area contributed by atoms with Crippen LogP contribution in [0.2, 0.25) is 5.02 Å². The van der Waals surface area contributed by atoms with Gasteiger partial charge in [-0.25, -0.2) is 0 Å². The maximum absolute atomic E-state index is 12.7. The van der Waals surface area contributed by atoms with Crippen molar-refractivity contribution in [3.8, 4) is 17.2 Å². The van der Waals surface area contributed by atoms with E-state index in [9.17, 15) is 9.59 Å². The first-order valence-electron chi connectivity index (χ1n) is 8.95. The summed E-state index contributed by atoms with van der Waals surface area (Å²) in [6.45, 7) is -0.240. The van der Waals surface area contributed by atoms with Gasteiger partial charge < -0.3 is 14.8 Å². The second kappa shape index (κ2) is 8.24. The highest BCUT2D eigenvalue weighted by atomic mass is 35.5. The fourth-order valence-corrected chi connectivity index (χ4v) is 3.14. The van der Waals surface area contributed by atoms with Crippen LogP contribution in [0.4, 0.5) is 11.4 Å². The average molecular weight is 409 g/mol. The van der Waals surface area contributed by atoms with E-state index >= 15 is 0 Å². The quantitative estimate of drug-likeness (QED) is 0.675. The molecular formula is C22H17ClN2O4. The Morgan fingerprint density at radius 2 is 1.69 bits per heavy atom. The zero-order valence-electron chi connectivity index (χ0n) is 15.3. The molecule has 3 aromatic carbocycles. The molecule has 0 saturated heterocycles. The number of nitrogens with zero attached hydrogens (tertiary/aromatic N) is 1. The number of ether oxygens (including phenoxy) is 2. The highest BCUT2D eigenvalue weighted by Crippen LogP contribution is 2.34. The van der Waals surface area contributed by atoms with Gasteiger partial charge in [0.25, 0.3) is 5.91 Å². The van der Waals surface area contributed by atoms with Crippen molar-refractivity contribution >= 4 is 34.8 Å². The van der Waals surface area contributed by atoms with Gasteiger partial charge in [-0.05, 0) is 36.4 Å². The molecule has 0 bridgehead atoms. The fraction of sp³-hybridized carbons (Fsp3) is 0.0909. The summed E-state index contributed by atoms with van der Waals surface area (Å²) < 4.78 is 11.3. The summed E-state index contributed by atoms with van der Waals surface area (Å²) in [5.74, 6) is 0.864. The molecule has 146 valence electrons. The van der Waals surface area contributed by atoms with E-state index in [-0.39, 0.29) is 25.0 Å². The van der Waals surface area contributed by atoms with E-state index in [1.54, 1.807) is 60.7 Å². The van der Waals surface area contributed by atoms with Crippen molar-refractivity contribution in [1.82, 2.24) is 0 Å². The molecule has 1 aliphatic rings. The summed E-state index contributed by atoms with van der Waals surface area (Å²) in [7, 11) is 0. The SMILES string of the molecule is O=C(CN1C(=O)COc2ccccc21)Nc1ccccc1Oc1ccccc1Cl. The number of hydrogen-bond acceptors (Lipinski definition) is 4. The molecule has 1 heterocycles. The minimum atomic E-state index is -0.356. The van der Waals surface area contributed by atoms with E-state index in [1.165, 1.54) is 4.90 Å². The molecule has 0 aromatic heterocycles. The van der Waals surface area contributed by atoms with E-state index in [2.05, 4.69) is 5.32 Å². The third-order valence-electron chi connectivity index (χ3n) is 4.33. The van der Waals surface area contributed by atoms with Crippen LogP contribution in [0.1, 0.15) is 0 Å². The number of hydrogen-bond donors (Lipinski definition) is 1. The molecule has 7 heteroatoms. The van der Waals surface area contributed by atoms with Crippen LogP contribution in [0.25, 0.3) is 0 Å². The molecule has 0 atom stereocenters. The number of rotatable bonds is 5. The maximum Gasteiger partial charge on any atom is 0.265 e. The number of carbonyl (C=O) groups is 2. The lowest BCUT2D eigenvalue weighted by atomic mass is 10.2. The Morgan fingerprint density at radius 3 is 2.52 bits per heavy atom. The van der Waals surface area contributed by atoms with Crippen molar-refractivity contribution in [1.29, 1.82) is 0 Å². The Labute approximate surface area is 172 Å². The van der Waals surface area contributed by atoms with Gasteiger partial charge in [-0.3, -0.25) is 14.5 Å². The predicted molar refractivity (Wildman–Crippen MR) is 111 cm³/mol. The number of fused-ring (bicyclic) bond motifs is 1. The monoisotopic (exact) mass is 408 g/mol. The van der Waals surface area contributed by atoms with Gasteiger partial charge in [-0.1, -0.05) is 48.0 Å². The van der Waals surface area contributed by atoms with E-state index < -0.39 is 0 Å². The molecule has 29 heavy (non-hydrogen) atoms. The van der Waals surface area contributed by atoms with Crippen LogP contribution in [0.3, 0.4) is 0 Å². The molecule has 6 nitrogen and oxygen atoms in total. The van der Waals surface area contributed by atoms with Crippen LogP contribution in [0.15, 0.2) is 72.8 Å². The van der Waals surface area contributed by atoms with Crippen LogP contribution in [-0.2, 0) is 9.59 Å². The lowest BCUT2D eigenvalue weighted by Gasteiger charge is -2.28. The average Bonchev–Trinajstić information content (AvgIpc) is 2.73. The van der Waals surface area contributed by atoms with Gasteiger partial charge in [0.2, 0.25) is 5.91 Å². The van der Waals surface area contributed by atoms with Crippen LogP contribution in [0.5, 0.6) is 17.2 Å². The first kappa shape index (κ1) is 18.8. The summed E-state index contributed by atoms with van der Waals surface area (Å²) in [6, 6.07) is 21.2. The van der Waals surface area contributed by atoms with Gasteiger partial charge >= 0.3 is 0 Å². The van der Waals surface area contributed by atoms with Gasteiger partial charge in [0, 0.05) is 0 Å².